The number of nitrogens with one attached hydrogen (secondary N) is 1. The van der Waals surface area contributed by atoms with Gasteiger partial charge in [0, 0.05) is 11.3 Å². The molecular formula is C14H17NOS. The SMILES string of the molecule is CNC(c1csc2ccccc12)C1CCCO1. The molecule has 3 rings (SSSR count). The quantitative estimate of drug-likeness (QED) is 0.898. The van der Waals surface area contributed by atoms with E-state index in [1.807, 2.05) is 18.4 Å². The van der Waals surface area contributed by atoms with Gasteiger partial charge in [0.15, 0.2) is 0 Å². The third kappa shape index (κ3) is 1.99. The van der Waals surface area contributed by atoms with E-state index in [1.54, 1.807) is 0 Å². The number of fused-ring (bicyclic) bond motifs is 1. The van der Waals surface area contributed by atoms with Crippen LogP contribution in [0, 0.1) is 0 Å². The first-order valence-corrected chi connectivity index (χ1v) is 7.03. The number of benzene rings is 1. The van der Waals surface area contributed by atoms with Gasteiger partial charge < -0.3 is 10.1 Å². The van der Waals surface area contributed by atoms with Crippen molar-refractivity contribution < 1.29 is 4.74 Å². The minimum atomic E-state index is 0.327. The fraction of sp³-hybridized carbons (Fsp3) is 0.429. The van der Waals surface area contributed by atoms with Gasteiger partial charge >= 0.3 is 0 Å². The third-order valence-corrected chi connectivity index (χ3v) is 4.48. The summed E-state index contributed by atoms with van der Waals surface area (Å²) in [5.74, 6) is 0. The number of likely N-dealkylation sites (N-methyl/N-ethyl adjacent to an activating group) is 1. The van der Waals surface area contributed by atoms with Crippen LogP contribution >= 0.6 is 11.3 Å². The summed E-state index contributed by atoms with van der Waals surface area (Å²) in [4.78, 5) is 0. The molecule has 2 nitrogen and oxygen atoms in total. The lowest BCUT2D eigenvalue weighted by molar-refractivity contribution is 0.0813. The van der Waals surface area contributed by atoms with Crippen molar-refractivity contribution >= 4 is 21.4 Å². The van der Waals surface area contributed by atoms with E-state index in [1.165, 1.54) is 22.1 Å². The highest BCUT2D eigenvalue weighted by Gasteiger charge is 2.27. The molecule has 1 N–H and O–H groups in total. The molecule has 2 atom stereocenters. The zero-order valence-corrected chi connectivity index (χ0v) is 10.8. The summed E-state index contributed by atoms with van der Waals surface area (Å²) in [5, 5.41) is 7.06. The largest absolute Gasteiger partial charge is 0.376 e. The lowest BCUT2D eigenvalue weighted by atomic mass is 9.99. The van der Waals surface area contributed by atoms with E-state index in [0.717, 1.165) is 13.0 Å². The van der Waals surface area contributed by atoms with E-state index in [0.29, 0.717) is 12.1 Å². The minimum absolute atomic E-state index is 0.327. The van der Waals surface area contributed by atoms with Gasteiger partial charge in [-0.1, -0.05) is 18.2 Å². The van der Waals surface area contributed by atoms with E-state index in [9.17, 15) is 0 Å². The summed E-state index contributed by atoms with van der Waals surface area (Å²) in [6.45, 7) is 0.908. The van der Waals surface area contributed by atoms with Crippen LogP contribution in [-0.4, -0.2) is 19.8 Å². The molecule has 1 saturated heterocycles. The second kappa shape index (κ2) is 4.77. The summed E-state index contributed by atoms with van der Waals surface area (Å²) in [6.07, 6.45) is 2.68. The summed E-state index contributed by atoms with van der Waals surface area (Å²) < 4.78 is 7.18. The zero-order valence-electron chi connectivity index (χ0n) is 9.98. The van der Waals surface area contributed by atoms with Crippen molar-refractivity contribution in [2.24, 2.45) is 0 Å². The monoisotopic (exact) mass is 247 g/mol. The molecule has 1 fully saturated rings. The summed E-state index contributed by atoms with van der Waals surface area (Å²) in [5.41, 5.74) is 1.39. The van der Waals surface area contributed by atoms with Crippen LogP contribution < -0.4 is 5.32 Å². The smallest absolute Gasteiger partial charge is 0.0771 e. The summed E-state index contributed by atoms with van der Waals surface area (Å²) in [7, 11) is 2.03. The van der Waals surface area contributed by atoms with Crippen LogP contribution in [0.3, 0.4) is 0 Å². The Kier molecular flexibility index (Phi) is 3.14. The van der Waals surface area contributed by atoms with Crippen LogP contribution in [0.2, 0.25) is 0 Å². The average molecular weight is 247 g/mol. The molecule has 0 spiro atoms. The minimum Gasteiger partial charge on any atom is -0.376 e. The maximum atomic E-state index is 5.82. The van der Waals surface area contributed by atoms with Crippen molar-refractivity contribution in [1.29, 1.82) is 0 Å². The Morgan fingerprint density at radius 1 is 1.41 bits per heavy atom. The number of rotatable bonds is 3. The fourth-order valence-corrected chi connectivity index (χ4v) is 3.64. The van der Waals surface area contributed by atoms with E-state index in [2.05, 4.69) is 35.0 Å². The fourth-order valence-electron chi connectivity index (χ4n) is 2.65. The van der Waals surface area contributed by atoms with Crippen molar-refractivity contribution in [3.63, 3.8) is 0 Å². The van der Waals surface area contributed by atoms with Crippen LogP contribution in [-0.2, 0) is 4.74 Å². The number of ether oxygens (including phenoxy) is 1. The molecule has 0 amide bonds. The molecular weight excluding hydrogens is 230 g/mol. The van der Waals surface area contributed by atoms with E-state index < -0.39 is 0 Å². The second-order valence-electron chi connectivity index (χ2n) is 4.51. The Balaban J connectivity index is 2.00. The van der Waals surface area contributed by atoms with E-state index >= 15 is 0 Å². The first kappa shape index (κ1) is 11.2. The predicted molar refractivity (Wildman–Crippen MR) is 72.6 cm³/mol. The van der Waals surface area contributed by atoms with Gasteiger partial charge in [-0.2, -0.15) is 0 Å². The van der Waals surface area contributed by atoms with Gasteiger partial charge in [-0.15, -0.1) is 11.3 Å². The Hall–Kier alpha value is -0.900. The molecule has 3 heteroatoms. The lowest BCUT2D eigenvalue weighted by Gasteiger charge is -2.22. The van der Waals surface area contributed by atoms with Gasteiger partial charge in [0.05, 0.1) is 12.1 Å². The van der Waals surface area contributed by atoms with Gasteiger partial charge in [0.1, 0.15) is 0 Å². The molecule has 17 heavy (non-hydrogen) atoms. The normalized spacial score (nSPS) is 22.1. The molecule has 0 aliphatic carbocycles. The molecule has 0 saturated carbocycles. The Morgan fingerprint density at radius 3 is 3.06 bits per heavy atom. The molecule has 1 aliphatic heterocycles. The van der Waals surface area contributed by atoms with Crippen molar-refractivity contribution in [3.05, 3.63) is 35.2 Å². The first-order chi connectivity index (χ1) is 8.40. The Labute approximate surface area is 106 Å². The molecule has 90 valence electrons. The highest BCUT2D eigenvalue weighted by atomic mass is 32.1. The molecule has 1 aromatic carbocycles. The second-order valence-corrected chi connectivity index (χ2v) is 5.42. The van der Waals surface area contributed by atoms with Crippen LogP contribution in [0.25, 0.3) is 10.1 Å². The van der Waals surface area contributed by atoms with Crippen molar-refractivity contribution in [2.45, 2.75) is 25.0 Å². The molecule has 2 aromatic rings. The van der Waals surface area contributed by atoms with E-state index in [4.69, 9.17) is 4.74 Å². The van der Waals surface area contributed by atoms with E-state index in [-0.39, 0.29) is 0 Å². The van der Waals surface area contributed by atoms with Crippen LogP contribution in [0.5, 0.6) is 0 Å². The highest BCUT2D eigenvalue weighted by molar-refractivity contribution is 7.17. The zero-order chi connectivity index (χ0) is 11.7. The summed E-state index contributed by atoms with van der Waals surface area (Å²) >= 11 is 1.82. The average Bonchev–Trinajstić information content (AvgIpc) is 3.01. The molecule has 2 heterocycles. The Morgan fingerprint density at radius 2 is 2.29 bits per heavy atom. The van der Waals surface area contributed by atoms with Crippen LogP contribution in [0.1, 0.15) is 24.4 Å². The predicted octanol–water partition coefficient (Wildman–Crippen LogP) is 3.34. The van der Waals surface area contributed by atoms with Crippen molar-refractivity contribution in [3.8, 4) is 0 Å². The van der Waals surface area contributed by atoms with Crippen molar-refractivity contribution in [2.75, 3.05) is 13.7 Å². The van der Waals surface area contributed by atoms with Gasteiger partial charge in [-0.3, -0.25) is 0 Å². The maximum Gasteiger partial charge on any atom is 0.0771 e. The first-order valence-electron chi connectivity index (χ1n) is 6.15. The van der Waals surface area contributed by atoms with Crippen molar-refractivity contribution in [1.82, 2.24) is 5.32 Å². The lowest BCUT2D eigenvalue weighted by Crippen LogP contribution is -2.28. The number of thiophene rings is 1. The van der Waals surface area contributed by atoms with Gasteiger partial charge in [0.2, 0.25) is 0 Å². The molecule has 0 radical (unpaired) electrons. The Bertz CT molecular complexity index is 502. The topological polar surface area (TPSA) is 21.3 Å². The van der Waals surface area contributed by atoms with Crippen LogP contribution in [0.15, 0.2) is 29.6 Å². The van der Waals surface area contributed by atoms with Gasteiger partial charge in [-0.25, -0.2) is 0 Å². The standard InChI is InChI=1S/C14H17NOS/c1-15-14(12-6-4-8-16-12)11-9-17-13-7-3-2-5-10(11)13/h2-3,5,7,9,12,14-15H,4,6,8H2,1H3. The van der Waals surface area contributed by atoms with Crippen LogP contribution in [0.4, 0.5) is 0 Å². The molecule has 1 aromatic heterocycles. The number of hydrogen-bond acceptors (Lipinski definition) is 3. The van der Waals surface area contributed by atoms with Gasteiger partial charge in [0.25, 0.3) is 0 Å². The third-order valence-electron chi connectivity index (χ3n) is 3.49. The van der Waals surface area contributed by atoms with Gasteiger partial charge in [-0.05, 0) is 42.3 Å². The maximum absolute atomic E-state index is 5.82. The number of hydrogen-bond donors (Lipinski definition) is 1. The summed E-state index contributed by atoms with van der Waals surface area (Å²) in [6, 6.07) is 8.93. The highest BCUT2D eigenvalue weighted by Crippen LogP contribution is 2.34. The molecule has 0 bridgehead atoms. The molecule has 1 aliphatic rings. The molecule has 2 unspecified atom stereocenters.